The van der Waals surface area contributed by atoms with Crippen molar-refractivity contribution in [1.82, 2.24) is 14.4 Å². The summed E-state index contributed by atoms with van der Waals surface area (Å²) in [5.74, 6) is 0.230. The van der Waals surface area contributed by atoms with Crippen molar-refractivity contribution in [2.75, 3.05) is 11.9 Å². The number of nitrogens with one attached hydrogen (secondary N) is 1. The molecule has 0 saturated heterocycles. The Kier molecular flexibility index (Phi) is 3.46. The second kappa shape index (κ2) is 5.58. The summed E-state index contributed by atoms with van der Waals surface area (Å²) in [6.07, 6.45) is 4.03. The predicted octanol–water partition coefficient (Wildman–Crippen LogP) is 2.29. The molecule has 0 aromatic carbocycles. The first-order valence-electron chi connectivity index (χ1n) is 6.51. The van der Waals surface area contributed by atoms with Crippen LogP contribution in [0.4, 0.5) is 11.6 Å². The van der Waals surface area contributed by atoms with Gasteiger partial charge in [-0.25, -0.2) is 0 Å². The summed E-state index contributed by atoms with van der Waals surface area (Å²) in [6, 6.07) is 10.9. The Morgan fingerprint density at radius 3 is 2.86 bits per heavy atom. The second-order valence-corrected chi connectivity index (χ2v) is 4.47. The highest BCUT2D eigenvalue weighted by Crippen LogP contribution is 2.24. The summed E-state index contributed by atoms with van der Waals surface area (Å²) in [4.78, 5) is 19.3. The third kappa shape index (κ3) is 2.66. The van der Waals surface area contributed by atoms with Crippen LogP contribution in [-0.2, 0) is 6.42 Å². The SMILES string of the molecule is O=[N+]([O-])c1c(NCCc2ccccn2)nc2ccccn12. The highest BCUT2D eigenvalue weighted by molar-refractivity contribution is 5.62. The summed E-state index contributed by atoms with van der Waals surface area (Å²) in [6.45, 7) is 0.529. The lowest BCUT2D eigenvalue weighted by atomic mass is 10.3. The van der Waals surface area contributed by atoms with Crippen LogP contribution in [0, 0.1) is 10.1 Å². The first kappa shape index (κ1) is 13.0. The van der Waals surface area contributed by atoms with Gasteiger partial charge in [-0.2, -0.15) is 9.38 Å². The number of nitro groups is 1. The highest BCUT2D eigenvalue weighted by Gasteiger charge is 2.21. The Morgan fingerprint density at radius 2 is 2.10 bits per heavy atom. The molecule has 1 N–H and O–H groups in total. The van der Waals surface area contributed by atoms with Crippen molar-refractivity contribution >= 4 is 17.3 Å². The molecule has 3 aromatic heterocycles. The van der Waals surface area contributed by atoms with Gasteiger partial charge in [0.25, 0.3) is 0 Å². The minimum Gasteiger partial charge on any atom is -0.363 e. The zero-order valence-electron chi connectivity index (χ0n) is 11.1. The summed E-state index contributed by atoms with van der Waals surface area (Å²) in [5, 5.41) is 14.2. The molecule has 7 heteroatoms. The van der Waals surface area contributed by atoms with E-state index in [2.05, 4.69) is 15.3 Å². The molecular weight excluding hydrogens is 270 g/mol. The molecule has 7 nitrogen and oxygen atoms in total. The van der Waals surface area contributed by atoms with Crippen molar-refractivity contribution in [2.24, 2.45) is 0 Å². The lowest BCUT2D eigenvalue weighted by Crippen LogP contribution is -2.08. The maximum atomic E-state index is 11.2. The molecule has 3 aromatic rings. The van der Waals surface area contributed by atoms with Gasteiger partial charge in [0.15, 0.2) is 0 Å². The van der Waals surface area contributed by atoms with Crippen LogP contribution in [0.15, 0.2) is 48.8 Å². The van der Waals surface area contributed by atoms with Gasteiger partial charge in [0.05, 0.1) is 6.20 Å². The predicted molar refractivity (Wildman–Crippen MR) is 78.3 cm³/mol. The van der Waals surface area contributed by atoms with E-state index in [4.69, 9.17) is 0 Å². The molecular formula is C14H13N5O2. The molecule has 0 spiro atoms. The molecule has 0 bridgehead atoms. The number of hydrogen-bond acceptors (Lipinski definition) is 5. The molecule has 0 amide bonds. The third-order valence-corrected chi connectivity index (χ3v) is 3.08. The number of fused-ring (bicyclic) bond motifs is 1. The van der Waals surface area contributed by atoms with E-state index < -0.39 is 4.92 Å². The van der Waals surface area contributed by atoms with Gasteiger partial charge in [-0.05, 0) is 23.1 Å². The maximum Gasteiger partial charge on any atom is 0.372 e. The fraction of sp³-hybridized carbons (Fsp3) is 0.143. The third-order valence-electron chi connectivity index (χ3n) is 3.08. The van der Waals surface area contributed by atoms with Gasteiger partial charge in [-0.3, -0.25) is 4.98 Å². The number of aromatic nitrogens is 3. The molecule has 21 heavy (non-hydrogen) atoms. The van der Waals surface area contributed by atoms with Gasteiger partial charge in [0, 0.05) is 30.9 Å². The van der Waals surface area contributed by atoms with Crippen LogP contribution in [0.3, 0.4) is 0 Å². The zero-order chi connectivity index (χ0) is 14.7. The molecule has 0 radical (unpaired) electrons. The number of hydrogen-bond donors (Lipinski definition) is 1. The minimum atomic E-state index is -0.427. The topological polar surface area (TPSA) is 85.4 Å². The monoisotopic (exact) mass is 283 g/mol. The molecule has 106 valence electrons. The van der Waals surface area contributed by atoms with Crippen molar-refractivity contribution in [1.29, 1.82) is 0 Å². The maximum absolute atomic E-state index is 11.2. The standard InChI is InChI=1S/C14H13N5O2/c20-19(21)14-13(17-12-6-2-4-10-18(12)14)16-9-7-11-5-1-3-8-15-11/h1-6,8,10,16H,7,9H2. The van der Waals surface area contributed by atoms with Crippen molar-refractivity contribution in [2.45, 2.75) is 6.42 Å². The minimum absolute atomic E-state index is 0.0494. The first-order valence-corrected chi connectivity index (χ1v) is 6.51. The summed E-state index contributed by atoms with van der Waals surface area (Å²) in [7, 11) is 0. The quantitative estimate of drug-likeness (QED) is 0.573. The van der Waals surface area contributed by atoms with Crippen molar-refractivity contribution in [3.63, 3.8) is 0 Å². The van der Waals surface area contributed by atoms with E-state index in [1.165, 1.54) is 4.40 Å². The van der Waals surface area contributed by atoms with Crippen molar-refractivity contribution < 1.29 is 4.92 Å². The van der Waals surface area contributed by atoms with Crippen LogP contribution >= 0.6 is 0 Å². The normalized spacial score (nSPS) is 10.7. The van der Waals surface area contributed by atoms with Gasteiger partial charge >= 0.3 is 5.82 Å². The Morgan fingerprint density at radius 1 is 1.24 bits per heavy atom. The van der Waals surface area contributed by atoms with E-state index in [0.717, 1.165) is 5.69 Å². The largest absolute Gasteiger partial charge is 0.372 e. The fourth-order valence-corrected chi connectivity index (χ4v) is 2.13. The van der Waals surface area contributed by atoms with Crippen LogP contribution in [0.5, 0.6) is 0 Å². The molecule has 0 fully saturated rings. The van der Waals surface area contributed by atoms with Crippen molar-refractivity contribution in [3.05, 3.63) is 64.6 Å². The number of imidazole rings is 1. The molecule has 0 aliphatic heterocycles. The molecule has 0 aliphatic rings. The van der Waals surface area contributed by atoms with Gasteiger partial charge in [0.2, 0.25) is 11.5 Å². The smallest absolute Gasteiger partial charge is 0.363 e. The Labute approximate surface area is 120 Å². The number of pyridine rings is 2. The molecule has 0 unspecified atom stereocenters. The van der Waals surface area contributed by atoms with Gasteiger partial charge in [0.1, 0.15) is 0 Å². The lowest BCUT2D eigenvalue weighted by molar-refractivity contribution is -0.389. The average molecular weight is 283 g/mol. The van der Waals surface area contributed by atoms with Crippen LogP contribution < -0.4 is 5.32 Å². The van der Waals surface area contributed by atoms with Crippen LogP contribution in [0.2, 0.25) is 0 Å². The van der Waals surface area contributed by atoms with Crippen LogP contribution in [0.1, 0.15) is 5.69 Å². The van der Waals surface area contributed by atoms with Gasteiger partial charge in [-0.1, -0.05) is 12.1 Å². The van der Waals surface area contributed by atoms with Gasteiger partial charge in [-0.15, -0.1) is 0 Å². The first-order chi connectivity index (χ1) is 10.3. The summed E-state index contributed by atoms with van der Waals surface area (Å²) < 4.78 is 1.46. The highest BCUT2D eigenvalue weighted by atomic mass is 16.6. The fourth-order valence-electron chi connectivity index (χ4n) is 2.13. The van der Waals surface area contributed by atoms with E-state index in [0.29, 0.717) is 18.6 Å². The molecule has 3 heterocycles. The average Bonchev–Trinajstić information content (AvgIpc) is 2.86. The van der Waals surface area contributed by atoms with E-state index in [9.17, 15) is 10.1 Å². The molecule has 0 saturated carbocycles. The van der Waals surface area contributed by atoms with Crippen LogP contribution in [-0.4, -0.2) is 25.8 Å². The van der Waals surface area contributed by atoms with Crippen LogP contribution in [0.25, 0.3) is 5.65 Å². The van der Waals surface area contributed by atoms with E-state index in [1.54, 1.807) is 30.6 Å². The summed E-state index contributed by atoms with van der Waals surface area (Å²) >= 11 is 0. The second-order valence-electron chi connectivity index (χ2n) is 4.47. The lowest BCUT2D eigenvalue weighted by Gasteiger charge is -2.03. The van der Waals surface area contributed by atoms with E-state index in [1.807, 2.05) is 18.2 Å². The zero-order valence-corrected chi connectivity index (χ0v) is 11.1. The number of anilines is 1. The Bertz CT molecular complexity index is 769. The van der Waals surface area contributed by atoms with E-state index >= 15 is 0 Å². The van der Waals surface area contributed by atoms with Crippen molar-refractivity contribution in [3.8, 4) is 0 Å². The number of nitrogens with zero attached hydrogens (tertiary/aromatic N) is 4. The number of rotatable bonds is 5. The molecule has 0 aliphatic carbocycles. The molecule has 0 atom stereocenters. The Hall–Kier alpha value is -2.96. The molecule has 3 rings (SSSR count). The van der Waals surface area contributed by atoms with E-state index in [-0.39, 0.29) is 11.6 Å². The Balaban J connectivity index is 1.80. The summed E-state index contributed by atoms with van der Waals surface area (Å²) in [5.41, 5.74) is 1.47. The van der Waals surface area contributed by atoms with Gasteiger partial charge < -0.3 is 15.4 Å².